The fraction of sp³-hybridized carbons (Fsp3) is 0.250. The number of aromatic amines is 1. The summed E-state index contributed by atoms with van der Waals surface area (Å²) in [6.45, 7) is 1.82. The van der Waals surface area contributed by atoms with Crippen LogP contribution >= 0.6 is 0 Å². The van der Waals surface area contributed by atoms with Gasteiger partial charge in [0.15, 0.2) is 0 Å². The lowest BCUT2D eigenvalue weighted by molar-refractivity contribution is -0.144. The highest BCUT2D eigenvalue weighted by Crippen LogP contribution is 2.05. The van der Waals surface area contributed by atoms with Crippen LogP contribution in [0.3, 0.4) is 0 Å². The molecular formula is C12H14N2O5. The van der Waals surface area contributed by atoms with E-state index in [0.29, 0.717) is 5.82 Å². The molecule has 1 aromatic heterocycles. The Balaban J connectivity index is 2.76. The number of pyridine rings is 1. The standard InChI is InChI=1S/C12H14N2O5/c1-2-19-11(16)6-8(12(17)18)7-13-9-4-3-5-10(15)14-9/h3-5,7H,2,6H2,1H3,(H,17,18)(H2,13,14,15)/b8-7-. The van der Waals surface area contributed by atoms with Crippen molar-refractivity contribution in [2.24, 2.45) is 0 Å². The van der Waals surface area contributed by atoms with E-state index in [-0.39, 0.29) is 24.2 Å². The van der Waals surface area contributed by atoms with Crippen molar-refractivity contribution >= 4 is 17.8 Å². The number of H-pyrrole nitrogens is 1. The maximum absolute atomic E-state index is 11.2. The maximum atomic E-state index is 11.2. The second-order valence-corrected chi connectivity index (χ2v) is 3.53. The second-order valence-electron chi connectivity index (χ2n) is 3.53. The van der Waals surface area contributed by atoms with E-state index < -0.39 is 11.9 Å². The Hall–Kier alpha value is -2.57. The summed E-state index contributed by atoms with van der Waals surface area (Å²) >= 11 is 0. The summed E-state index contributed by atoms with van der Waals surface area (Å²) in [4.78, 5) is 35.6. The van der Waals surface area contributed by atoms with Gasteiger partial charge in [0, 0.05) is 12.3 Å². The second kappa shape index (κ2) is 7.00. The van der Waals surface area contributed by atoms with Crippen LogP contribution in [0.5, 0.6) is 0 Å². The van der Waals surface area contributed by atoms with Crippen LogP contribution < -0.4 is 10.9 Å². The monoisotopic (exact) mass is 266 g/mol. The van der Waals surface area contributed by atoms with Crippen molar-refractivity contribution in [2.75, 3.05) is 11.9 Å². The van der Waals surface area contributed by atoms with Gasteiger partial charge in [-0.2, -0.15) is 0 Å². The van der Waals surface area contributed by atoms with Crippen molar-refractivity contribution < 1.29 is 19.4 Å². The van der Waals surface area contributed by atoms with Gasteiger partial charge in [-0.15, -0.1) is 0 Å². The van der Waals surface area contributed by atoms with E-state index in [1.165, 1.54) is 12.1 Å². The molecular weight excluding hydrogens is 252 g/mol. The highest BCUT2D eigenvalue weighted by molar-refractivity contribution is 5.92. The maximum Gasteiger partial charge on any atom is 0.333 e. The highest BCUT2D eigenvalue weighted by atomic mass is 16.5. The quantitative estimate of drug-likeness (QED) is 0.517. The number of ether oxygens (including phenoxy) is 1. The number of aliphatic carboxylic acids is 1. The van der Waals surface area contributed by atoms with Crippen molar-refractivity contribution in [3.05, 3.63) is 40.3 Å². The number of carbonyl (C=O) groups is 2. The Kier molecular flexibility index (Phi) is 5.34. The molecule has 0 spiro atoms. The summed E-state index contributed by atoms with van der Waals surface area (Å²) in [5, 5.41) is 11.5. The summed E-state index contributed by atoms with van der Waals surface area (Å²) in [7, 11) is 0. The number of nitrogens with one attached hydrogen (secondary N) is 2. The lowest BCUT2D eigenvalue weighted by Gasteiger charge is -2.04. The summed E-state index contributed by atoms with van der Waals surface area (Å²) in [6.07, 6.45) is 0.789. The lowest BCUT2D eigenvalue weighted by atomic mass is 10.2. The zero-order valence-corrected chi connectivity index (χ0v) is 10.3. The minimum absolute atomic E-state index is 0.164. The number of hydrogen-bond acceptors (Lipinski definition) is 5. The number of anilines is 1. The number of carboxylic acid groups (broad SMARTS) is 1. The number of esters is 1. The van der Waals surface area contributed by atoms with E-state index in [4.69, 9.17) is 5.11 Å². The van der Waals surface area contributed by atoms with Crippen LogP contribution in [0.1, 0.15) is 13.3 Å². The fourth-order valence-electron chi connectivity index (χ4n) is 1.25. The van der Waals surface area contributed by atoms with Gasteiger partial charge in [-0.1, -0.05) is 6.07 Å². The first-order valence-corrected chi connectivity index (χ1v) is 5.56. The van der Waals surface area contributed by atoms with E-state index in [1.54, 1.807) is 13.0 Å². The molecule has 0 fully saturated rings. The van der Waals surface area contributed by atoms with Gasteiger partial charge in [-0.25, -0.2) is 4.79 Å². The van der Waals surface area contributed by atoms with E-state index in [9.17, 15) is 14.4 Å². The molecule has 3 N–H and O–H groups in total. The zero-order chi connectivity index (χ0) is 14.3. The number of carbonyl (C=O) groups excluding carboxylic acids is 1. The number of carboxylic acids is 1. The Labute approximate surface area is 108 Å². The first kappa shape index (κ1) is 14.5. The molecule has 0 aliphatic carbocycles. The van der Waals surface area contributed by atoms with Crippen LogP contribution in [0.4, 0.5) is 5.82 Å². The SMILES string of the molecule is CCOC(=O)C/C(=C/Nc1cccc(=O)[nH]1)C(=O)O. The van der Waals surface area contributed by atoms with Crippen LogP contribution in [0, 0.1) is 0 Å². The first-order valence-electron chi connectivity index (χ1n) is 5.56. The van der Waals surface area contributed by atoms with E-state index in [1.807, 2.05) is 0 Å². The van der Waals surface area contributed by atoms with Gasteiger partial charge in [-0.05, 0) is 13.0 Å². The van der Waals surface area contributed by atoms with Crippen molar-refractivity contribution in [3.63, 3.8) is 0 Å². The van der Waals surface area contributed by atoms with Gasteiger partial charge in [0.05, 0.1) is 18.6 Å². The molecule has 0 saturated carbocycles. The van der Waals surface area contributed by atoms with Crippen LogP contribution in [0.15, 0.2) is 34.8 Å². The van der Waals surface area contributed by atoms with E-state index in [2.05, 4.69) is 15.0 Å². The Morgan fingerprint density at radius 1 is 1.47 bits per heavy atom. The lowest BCUT2D eigenvalue weighted by Crippen LogP contribution is -2.12. The van der Waals surface area contributed by atoms with Crippen LogP contribution in [-0.2, 0) is 14.3 Å². The van der Waals surface area contributed by atoms with Gasteiger partial charge in [0.25, 0.3) is 0 Å². The number of rotatable bonds is 6. The third kappa shape index (κ3) is 5.07. The predicted octanol–water partition coefficient (Wildman–Crippen LogP) is 0.708. The summed E-state index contributed by atoms with van der Waals surface area (Å²) in [5.41, 5.74) is -0.483. The molecule has 102 valence electrons. The molecule has 0 atom stereocenters. The van der Waals surface area contributed by atoms with Gasteiger partial charge in [-0.3, -0.25) is 9.59 Å². The van der Waals surface area contributed by atoms with Crippen molar-refractivity contribution in [2.45, 2.75) is 13.3 Å². The Morgan fingerprint density at radius 2 is 2.21 bits per heavy atom. The first-order chi connectivity index (χ1) is 9.02. The van der Waals surface area contributed by atoms with Crippen molar-refractivity contribution in [3.8, 4) is 0 Å². The zero-order valence-electron chi connectivity index (χ0n) is 10.3. The molecule has 0 aliphatic heterocycles. The highest BCUT2D eigenvalue weighted by Gasteiger charge is 2.13. The Bertz CT molecular complexity index is 547. The molecule has 7 heteroatoms. The number of hydrogen-bond donors (Lipinski definition) is 3. The minimum atomic E-state index is -1.24. The van der Waals surface area contributed by atoms with E-state index in [0.717, 1.165) is 6.20 Å². The van der Waals surface area contributed by atoms with Gasteiger partial charge < -0.3 is 20.1 Å². The van der Waals surface area contributed by atoms with Crippen molar-refractivity contribution in [1.82, 2.24) is 4.98 Å². The van der Waals surface area contributed by atoms with Crippen LogP contribution in [0.25, 0.3) is 0 Å². The smallest absolute Gasteiger partial charge is 0.333 e. The summed E-state index contributed by atoms with van der Waals surface area (Å²) in [5.74, 6) is -1.53. The summed E-state index contributed by atoms with van der Waals surface area (Å²) < 4.78 is 4.66. The van der Waals surface area contributed by atoms with Crippen LogP contribution in [-0.4, -0.2) is 28.6 Å². The van der Waals surface area contributed by atoms with Crippen molar-refractivity contribution in [1.29, 1.82) is 0 Å². The Morgan fingerprint density at radius 3 is 2.79 bits per heavy atom. The molecule has 0 saturated heterocycles. The third-order valence-electron chi connectivity index (χ3n) is 2.09. The largest absolute Gasteiger partial charge is 0.478 e. The fourth-order valence-corrected chi connectivity index (χ4v) is 1.25. The average Bonchev–Trinajstić information content (AvgIpc) is 2.34. The van der Waals surface area contributed by atoms with Gasteiger partial charge in [0.2, 0.25) is 5.56 Å². The third-order valence-corrected chi connectivity index (χ3v) is 2.09. The topological polar surface area (TPSA) is 108 Å². The molecule has 0 aromatic carbocycles. The molecule has 1 aromatic rings. The minimum Gasteiger partial charge on any atom is -0.478 e. The predicted molar refractivity (Wildman–Crippen MR) is 67.7 cm³/mol. The van der Waals surface area contributed by atoms with Gasteiger partial charge in [0.1, 0.15) is 5.82 Å². The molecule has 19 heavy (non-hydrogen) atoms. The molecule has 0 bridgehead atoms. The molecule has 0 amide bonds. The normalized spacial score (nSPS) is 10.9. The average molecular weight is 266 g/mol. The van der Waals surface area contributed by atoms with Gasteiger partial charge >= 0.3 is 11.9 Å². The molecule has 7 nitrogen and oxygen atoms in total. The molecule has 1 heterocycles. The molecule has 0 unspecified atom stereocenters. The van der Waals surface area contributed by atoms with Crippen LogP contribution in [0.2, 0.25) is 0 Å². The summed E-state index contributed by atoms with van der Waals surface area (Å²) in [6, 6.07) is 4.40. The molecule has 0 radical (unpaired) electrons. The molecule has 0 aliphatic rings. The van der Waals surface area contributed by atoms with E-state index >= 15 is 0 Å². The molecule has 1 rings (SSSR count). The number of aromatic nitrogens is 1.